The first-order valence-corrected chi connectivity index (χ1v) is 6.61. The number of hydrogen-bond donors (Lipinski definition) is 2. The number of nitrogens with zero attached hydrogens (tertiary/aromatic N) is 1. The molecule has 3 rings (SSSR count). The number of aromatic hydroxyl groups is 1. The molecule has 0 spiro atoms. The lowest BCUT2D eigenvalue weighted by molar-refractivity contribution is 0.475. The van der Waals surface area contributed by atoms with Crippen molar-refractivity contribution in [3.8, 4) is 5.75 Å². The molecule has 1 unspecified atom stereocenters. The van der Waals surface area contributed by atoms with Crippen molar-refractivity contribution < 1.29 is 5.11 Å². The largest absolute Gasteiger partial charge is 0.508 e. The predicted molar refractivity (Wildman–Crippen MR) is 80.5 cm³/mol. The monoisotopic (exact) mass is 264 g/mol. The van der Waals surface area contributed by atoms with E-state index in [1.165, 1.54) is 0 Å². The number of benzene rings is 2. The molecule has 0 fully saturated rings. The van der Waals surface area contributed by atoms with Gasteiger partial charge in [0.2, 0.25) is 0 Å². The fourth-order valence-electron chi connectivity index (χ4n) is 2.28. The molecule has 1 aromatic heterocycles. The topological polar surface area (TPSA) is 59.1 Å². The average molecular weight is 264 g/mol. The van der Waals surface area contributed by atoms with E-state index in [-0.39, 0.29) is 11.8 Å². The third kappa shape index (κ3) is 2.63. The van der Waals surface area contributed by atoms with Crippen LogP contribution in [0.2, 0.25) is 0 Å². The summed E-state index contributed by atoms with van der Waals surface area (Å²) >= 11 is 0. The van der Waals surface area contributed by atoms with Gasteiger partial charge in [-0.15, -0.1) is 0 Å². The van der Waals surface area contributed by atoms with E-state index in [0.29, 0.717) is 6.42 Å². The molecule has 0 saturated heterocycles. The lowest BCUT2D eigenvalue weighted by Gasteiger charge is -2.12. The second kappa shape index (κ2) is 5.31. The third-order valence-electron chi connectivity index (χ3n) is 3.39. The molecule has 0 aliphatic carbocycles. The van der Waals surface area contributed by atoms with Crippen LogP contribution >= 0.6 is 0 Å². The van der Waals surface area contributed by atoms with E-state index in [4.69, 9.17) is 5.73 Å². The van der Waals surface area contributed by atoms with Crippen LogP contribution < -0.4 is 5.73 Å². The molecule has 0 bridgehead atoms. The van der Waals surface area contributed by atoms with Crippen LogP contribution in [0.25, 0.3) is 10.9 Å². The highest BCUT2D eigenvalue weighted by molar-refractivity contribution is 5.78. The molecule has 0 radical (unpaired) electrons. The molecule has 0 amide bonds. The van der Waals surface area contributed by atoms with Gasteiger partial charge in [-0.25, -0.2) is 0 Å². The number of fused-ring (bicyclic) bond motifs is 1. The van der Waals surface area contributed by atoms with Crippen molar-refractivity contribution >= 4 is 10.9 Å². The van der Waals surface area contributed by atoms with Crippen LogP contribution in [0.15, 0.2) is 60.7 Å². The Kier molecular flexibility index (Phi) is 3.35. The van der Waals surface area contributed by atoms with E-state index < -0.39 is 0 Å². The SMILES string of the molecule is NC(Cc1ccc(O)cc1)c1ccc2ccccc2n1. The Labute approximate surface area is 117 Å². The van der Waals surface area contributed by atoms with Crippen LogP contribution in [-0.2, 0) is 6.42 Å². The quantitative estimate of drug-likeness (QED) is 0.763. The number of hydrogen-bond acceptors (Lipinski definition) is 3. The molecule has 0 aliphatic rings. The average Bonchev–Trinajstić information content (AvgIpc) is 2.49. The van der Waals surface area contributed by atoms with E-state index in [0.717, 1.165) is 22.2 Å². The van der Waals surface area contributed by atoms with Crippen molar-refractivity contribution in [3.63, 3.8) is 0 Å². The van der Waals surface area contributed by atoms with Gasteiger partial charge in [0.25, 0.3) is 0 Å². The fraction of sp³-hybridized carbons (Fsp3) is 0.118. The fourth-order valence-corrected chi connectivity index (χ4v) is 2.28. The summed E-state index contributed by atoms with van der Waals surface area (Å²) in [5.41, 5.74) is 9.17. The summed E-state index contributed by atoms with van der Waals surface area (Å²) in [6.07, 6.45) is 0.700. The Hall–Kier alpha value is -2.39. The van der Waals surface area contributed by atoms with Crippen LogP contribution in [0.4, 0.5) is 0 Å². The number of para-hydroxylation sites is 1. The highest BCUT2D eigenvalue weighted by Crippen LogP contribution is 2.19. The van der Waals surface area contributed by atoms with E-state index in [9.17, 15) is 5.11 Å². The van der Waals surface area contributed by atoms with Gasteiger partial charge in [-0.2, -0.15) is 0 Å². The Morgan fingerprint density at radius 3 is 2.50 bits per heavy atom. The summed E-state index contributed by atoms with van der Waals surface area (Å²) < 4.78 is 0. The van der Waals surface area contributed by atoms with Gasteiger partial charge in [-0.3, -0.25) is 4.98 Å². The lowest BCUT2D eigenvalue weighted by atomic mass is 10.0. The van der Waals surface area contributed by atoms with Crippen LogP contribution in [-0.4, -0.2) is 10.1 Å². The van der Waals surface area contributed by atoms with Crippen LogP contribution in [0, 0.1) is 0 Å². The van der Waals surface area contributed by atoms with Gasteiger partial charge >= 0.3 is 0 Å². The van der Waals surface area contributed by atoms with E-state index in [1.807, 2.05) is 48.5 Å². The maximum absolute atomic E-state index is 9.28. The molecule has 3 N–H and O–H groups in total. The van der Waals surface area contributed by atoms with E-state index >= 15 is 0 Å². The van der Waals surface area contributed by atoms with Gasteiger partial charge in [-0.1, -0.05) is 36.4 Å². The lowest BCUT2D eigenvalue weighted by Crippen LogP contribution is -2.14. The van der Waals surface area contributed by atoms with Gasteiger partial charge in [0.15, 0.2) is 0 Å². The summed E-state index contributed by atoms with van der Waals surface area (Å²) in [6.45, 7) is 0. The van der Waals surface area contributed by atoms with Gasteiger partial charge in [-0.05, 0) is 36.2 Å². The maximum atomic E-state index is 9.28. The molecular formula is C17H16N2O. The number of nitrogens with two attached hydrogens (primary N) is 1. The Morgan fingerprint density at radius 2 is 1.70 bits per heavy atom. The first kappa shape index (κ1) is 12.6. The standard InChI is InChI=1S/C17H16N2O/c18-15(11-12-5-8-14(20)9-6-12)17-10-7-13-3-1-2-4-16(13)19-17/h1-10,15,20H,11,18H2. The molecule has 1 heterocycles. The van der Waals surface area contributed by atoms with Crippen molar-refractivity contribution in [2.45, 2.75) is 12.5 Å². The van der Waals surface area contributed by atoms with Crippen molar-refractivity contribution in [1.29, 1.82) is 0 Å². The van der Waals surface area contributed by atoms with Crippen LogP contribution in [0.1, 0.15) is 17.3 Å². The number of phenols is 1. The zero-order chi connectivity index (χ0) is 13.9. The summed E-state index contributed by atoms with van der Waals surface area (Å²) in [5, 5.41) is 10.4. The number of phenolic OH excluding ortho intramolecular Hbond substituents is 1. The third-order valence-corrected chi connectivity index (χ3v) is 3.39. The highest BCUT2D eigenvalue weighted by atomic mass is 16.3. The minimum atomic E-state index is -0.149. The second-order valence-electron chi connectivity index (χ2n) is 4.91. The summed E-state index contributed by atoms with van der Waals surface area (Å²) in [4.78, 5) is 4.61. The summed E-state index contributed by atoms with van der Waals surface area (Å²) in [6, 6.07) is 19.0. The Morgan fingerprint density at radius 1 is 0.950 bits per heavy atom. The van der Waals surface area contributed by atoms with Crippen molar-refractivity contribution in [2.75, 3.05) is 0 Å². The first-order valence-electron chi connectivity index (χ1n) is 6.61. The molecule has 100 valence electrons. The van der Waals surface area contributed by atoms with E-state index in [2.05, 4.69) is 4.98 Å². The van der Waals surface area contributed by atoms with E-state index in [1.54, 1.807) is 12.1 Å². The molecule has 3 nitrogen and oxygen atoms in total. The predicted octanol–water partition coefficient (Wildman–Crippen LogP) is 3.18. The minimum Gasteiger partial charge on any atom is -0.508 e. The normalized spacial score (nSPS) is 12.4. The summed E-state index contributed by atoms with van der Waals surface area (Å²) in [7, 11) is 0. The number of aromatic nitrogens is 1. The molecule has 3 aromatic rings. The van der Waals surface area contributed by atoms with Crippen molar-refractivity contribution in [1.82, 2.24) is 4.98 Å². The van der Waals surface area contributed by atoms with Gasteiger partial charge in [0, 0.05) is 5.39 Å². The van der Waals surface area contributed by atoms with Gasteiger partial charge in [0.05, 0.1) is 17.3 Å². The Balaban J connectivity index is 1.84. The molecule has 0 aliphatic heterocycles. The second-order valence-corrected chi connectivity index (χ2v) is 4.91. The van der Waals surface area contributed by atoms with Crippen LogP contribution in [0.3, 0.4) is 0 Å². The molecule has 1 atom stereocenters. The smallest absolute Gasteiger partial charge is 0.115 e. The zero-order valence-corrected chi connectivity index (χ0v) is 11.0. The molecule has 3 heteroatoms. The Bertz CT molecular complexity index is 722. The zero-order valence-electron chi connectivity index (χ0n) is 11.0. The minimum absolute atomic E-state index is 0.149. The number of pyridine rings is 1. The molecular weight excluding hydrogens is 248 g/mol. The maximum Gasteiger partial charge on any atom is 0.115 e. The van der Waals surface area contributed by atoms with Gasteiger partial charge in [0.1, 0.15) is 5.75 Å². The van der Waals surface area contributed by atoms with Crippen molar-refractivity contribution in [2.24, 2.45) is 5.73 Å². The number of rotatable bonds is 3. The summed E-state index contributed by atoms with van der Waals surface area (Å²) in [5.74, 6) is 0.270. The highest BCUT2D eigenvalue weighted by Gasteiger charge is 2.09. The van der Waals surface area contributed by atoms with Crippen molar-refractivity contribution in [3.05, 3.63) is 71.9 Å². The first-order chi connectivity index (χ1) is 9.72. The molecule has 2 aromatic carbocycles. The molecule has 20 heavy (non-hydrogen) atoms. The van der Waals surface area contributed by atoms with Crippen LogP contribution in [0.5, 0.6) is 5.75 Å². The molecule has 0 saturated carbocycles. The van der Waals surface area contributed by atoms with Gasteiger partial charge < -0.3 is 10.8 Å².